The fourth-order valence-corrected chi connectivity index (χ4v) is 2.97. The topological polar surface area (TPSA) is 56.9 Å². The molecule has 0 spiro atoms. The van der Waals surface area contributed by atoms with Gasteiger partial charge in [0.1, 0.15) is 0 Å². The molecule has 0 radical (unpaired) electrons. The molecule has 2 aromatic rings. The average Bonchev–Trinajstić information content (AvgIpc) is 3.15. The van der Waals surface area contributed by atoms with Gasteiger partial charge in [0.05, 0.1) is 31.4 Å². The van der Waals surface area contributed by atoms with Crippen molar-refractivity contribution in [1.82, 2.24) is 24.6 Å². The third kappa shape index (κ3) is 2.87. The van der Waals surface area contributed by atoms with Crippen LogP contribution < -0.4 is 5.32 Å². The lowest BCUT2D eigenvalue weighted by Gasteiger charge is -2.34. The largest absolute Gasteiger partial charge is 0.383 e. The van der Waals surface area contributed by atoms with E-state index in [1.165, 1.54) is 5.69 Å². The second kappa shape index (κ2) is 5.99. The van der Waals surface area contributed by atoms with Crippen LogP contribution in [-0.4, -0.2) is 46.1 Å². The highest BCUT2D eigenvalue weighted by Crippen LogP contribution is 2.33. The van der Waals surface area contributed by atoms with E-state index in [0.29, 0.717) is 6.61 Å². The van der Waals surface area contributed by atoms with Crippen LogP contribution in [0.15, 0.2) is 24.9 Å². The normalized spacial score (nSPS) is 18.0. The van der Waals surface area contributed by atoms with Gasteiger partial charge in [0.25, 0.3) is 0 Å². The smallest absolute Gasteiger partial charge is 0.0995 e. The summed E-state index contributed by atoms with van der Waals surface area (Å²) in [7, 11) is 1.70. The van der Waals surface area contributed by atoms with Gasteiger partial charge in [-0.3, -0.25) is 9.25 Å². The molecule has 3 heterocycles. The van der Waals surface area contributed by atoms with E-state index in [4.69, 9.17) is 4.74 Å². The lowest BCUT2D eigenvalue weighted by Crippen LogP contribution is -2.38. The van der Waals surface area contributed by atoms with E-state index in [0.717, 1.165) is 38.2 Å². The molecular formula is C15H23N5O. The molecule has 0 unspecified atom stereocenters. The van der Waals surface area contributed by atoms with E-state index in [1.807, 2.05) is 23.4 Å². The third-order valence-electron chi connectivity index (χ3n) is 4.39. The standard InChI is InChI=1S/C15H23N5O/c1-15(3-5-16-6-4-15)14-10-17-12-20(14)13-9-18-19(11-13)7-8-21-2/h9-12,16H,3-8H2,1-2H3. The minimum Gasteiger partial charge on any atom is -0.383 e. The van der Waals surface area contributed by atoms with E-state index in [-0.39, 0.29) is 5.41 Å². The Kier molecular flexibility index (Phi) is 4.07. The van der Waals surface area contributed by atoms with Crippen LogP contribution >= 0.6 is 0 Å². The quantitative estimate of drug-likeness (QED) is 0.903. The van der Waals surface area contributed by atoms with Crippen molar-refractivity contribution < 1.29 is 4.74 Å². The van der Waals surface area contributed by atoms with E-state index < -0.39 is 0 Å². The van der Waals surface area contributed by atoms with Gasteiger partial charge in [0.2, 0.25) is 0 Å². The minimum absolute atomic E-state index is 0.177. The summed E-state index contributed by atoms with van der Waals surface area (Å²) in [5, 5.41) is 7.82. The average molecular weight is 289 g/mol. The van der Waals surface area contributed by atoms with Crippen molar-refractivity contribution in [2.75, 3.05) is 26.8 Å². The highest BCUT2D eigenvalue weighted by atomic mass is 16.5. The van der Waals surface area contributed by atoms with Crippen molar-refractivity contribution in [3.63, 3.8) is 0 Å². The molecule has 0 aromatic carbocycles. The lowest BCUT2D eigenvalue weighted by atomic mass is 9.78. The first-order chi connectivity index (χ1) is 10.2. The van der Waals surface area contributed by atoms with E-state index >= 15 is 0 Å². The number of ether oxygens (including phenoxy) is 1. The number of rotatable bonds is 5. The van der Waals surface area contributed by atoms with E-state index in [2.05, 4.69) is 33.1 Å². The molecule has 6 heteroatoms. The second-order valence-corrected chi connectivity index (χ2v) is 5.91. The molecule has 0 aliphatic carbocycles. The molecule has 21 heavy (non-hydrogen) atoms. The number of hydrogen-bond acceptors (Lipinski definition) is 4. The van der Waals surface area contributed by atoms with Gasteiger partial charge in [-0.1, -0.05) is 6.92 Å². The van der Waals surface area contributed by atoms with Crippen LogP contribution in [0, 0.1) is 0 Å². The number of methoxy groups -OCH3 is 1. The van der Waals surface area contributed by atoms with Crippen molar-refractivity contribution >= 4 is 0 Å². The van der Waals surface area contributed by atoms with Crippen LogP contribution in [0.2, 0.25) is 0 Å². The summed E-state index contributed by atoms with van der Waals surface area (Å²) >= 11 is 0. The van der Waals surface area contributed by atoms with Gasteiger partial charge < -0.3 is 10.1 Å². The number of imidazole rings is 1. The molecule has 0 saturated carbocycles. The van der Waals surface area contributed by atoms with Crippen LogP contribution in [0.3, 0.4) is 0 Å². The highest BCUT2D eigenvalue weighted by Gasteiger charge is 2.32. The number of aromatic nitrogens is 4. The Morgan fingerprint density at radius 3 is 2.90 bits per heavy atom. The molecule has 0 atom stereocenters. The van der Waals surface area contributed by atoms with Crippen LogP contribution in [0.5, 0.6) is 0 Å². The van der Waals surface area contributed by atoms with Gasteiger partial charge in [-0.2, -0.15) is 5.10 Å². The van der Waals surface area contributed by atoms with Crippen molar-refractivity contribution in [1.29, 1.82) is 0 Å². The fourth-order valence-electron chi connectivity index (χ4n) is 2.97. The summed E-state index contributed by atoms with van der Waals surface area (Å²) in [5.41, 5.74) is 2.52. The molecule has 0 amide bonds. The molecule has 6 nitrogen and oxygen atoms in total. The van der Waals surface area contributed by atoms with Crippen molar-refractivity contribution in [3.8, 4) is 5.69 Å². The molecule has 1 saturated heterocycles. The summed E-state index contributed by atoms with van der Waals surface area (Å²) in [6, 6.07) is 0. The predicted molar refractivity (Wildman–Crippen MR) is 80.7 cm³/mol. The zero-order chi connectivity index (χ0) is 14.7. The van der Waals surface area contributed by atoms with Gasteiger partial charge >= 0.3 is 0 Å². The monoisotopic (exact) mass is 289 g/mol. The number of hydrogen-bond donors (Lipinski definition) is 1. The maximum atomic E-state index is 5.09. The summed E-state index contributed by atoms with van der Waals surface area (Å²) < 4.78 is 9.17. The molecule has 3 rings (SSSR count). The first-order valence-electron chi connectivity index (χ1n) is 7.48. The molecule has 1 aliphatic rings. The Balaban J connectivity index is 1.86. The van der Waals surface area contributed by atoms with Gasteiger partial charge in [0, 0.05) is 30.6 Å². The Morgan fingerprint density at radius 1 is 1.33 bits per heavy atom. The van der Waals surface area contributed by atoms with Gasteiger partial charge in [0.15, 0.2) is 0 Å². The molecule has 0 bridgehead atoms. The van der Waals surface area contributed by atoms with Crippen molar-refractivity contribution in [3.05, 3.63) is 30.6 Å². The zero-order valence-electron chi connectivity index (χ0n) is 12.7. The van der Waals surface area contributed by atoms with Crippen molar-refractivity contribution in [2.45, 2.75) is 31.7 Å². The number of piperidine rings is 1. The third-order valence-corrected chi connectivity index (χ3v) is 4.39. The molecule has 1 fully saturated rings. The van der Waals surface area contributed by atoms with Crippen molar-refractivity contribution in [2.24, 2.45) is 0 Å². The molecule has 2 aromatic heterocycles. The van der Waals surface area contributed by atoms with E-state index in [9.17, 15) is 0 Å². The van der Waals surface area contributed by atoms with Gasteiger partial charge in [-0.15, -0.1) is 0 Å². The SMILES string of the molecule is COCCn1cc(-n2cncc2C2(C)CCNCC2)cn1. The Bertz CT molecular complexity index is 582. The molecular weight excluding hydrogens is 266 g/mol. The van der Waals surface area contributed by atoms with Crippen LogP contribution in [-0.2, 0) is 16.7 Å². The summed E-state index contributed by atoms with van der Waals surface area (Å²) in [5.74, 6) is 0. The lowest BCUT2D eigenvalue weighted by molar-refractivity contribution is 0.183. The Labute approximate surface area is 125 Å². The first-order valence-corrected chi connectivity index (χ1v) is 7.48. The first kappa shape index (κ1) is 14.3. The number of nitrogens with one attached hydrogen (secondary N) is 1. The summed E-state index contributed by atoms with van der Waals surface area (Å²) in [6.45, 7) is 5.89. The van der Waals surface area contributed by atoms with Crippen LogP contribution in [0.1, 0.15) is 25.5 Å². The fraction of sp³-hybridized carbons (Fsp3) is 0.600. The van der Waals surface area contributed by atoms with E-state index in [1.54, 1.807) is 7.11 Å². The Morgan fingerprint density at radius 2 is 2.14 bits per heavy atom. The molecule has 1 aliphatic heterocycles. The Hall–Kier alpha value is -1.66. The maximum Gasteiger partial charge on any atom is 0.0995 e. The van der Waals surface area contributed by atoms with Crippen LogP contribution in [0.4, 0.5) is 0 Å². The predicted octanol–water partition coefficient (Wildman–Crippen LogP) is 1.36. The highest BCUT2D eigenvalue weighted by molar-refractivity contribution is 5.31. The summed E-state index contributed by atoms with van der Waals surface area (Å²) in [6.07, 6.45) is 10.1. The molecule has 114 valence electrons. The second-order valence-electron chi connectivity index (χ2n) is 5.91. The zero-order valence-corrected chi connectivity index (χ0v) is 12.7. The van der Waals surface area contributed by atoms with Crippen LogP contribution in [0.25, 0.3) is 5.69 Å². The molecule has 1 N–H and O–H groups in total. The summed E-state index contributed by atoms with van der Waals surface area (Å²) in [4.78, 5) is 4.37. The van der Waals surface area contributed by atoms with Gasteiger partial charge in [-0.05, 0) is 25.9 Å². The maximum absolute atomic E-state index is 5.09. The minimum atomic E-state index is 0.177. The number of nitrogens with zero attached hydrogens (tertiary/aromatic N) is 4. The van der Waals surface area contributed by atoms with Gasteiger partial charge in [-0.25, -0.2) is 4.98 Å².